The van der Waals surface area contributed by atoms with Gasteiger partial charge in [0.15, 0.2) is 6.29 Å². The minimum atomic E-state index is -1.56. The highest BCUT2D eigenvalue weighted by molar-refractivity contribution is 4.67. The van der Waals surface area contributed by atoms with Gasteiger partial charge in [0.25, 0.3) is 0 Å². The van der Waals surface area contributed by atoms with Crippen LogP contribution < -0.4 is 0 Å². The second-order valence-corrected chi connectivity index (χ2v) is 2.16. The Morgan fingerprint density at radius 3 is 2.00 bits per heavy atom. The molecule has 0 radical (unpaired) electrons. The lowest BCUT2D eigenvalue weighted by Crippen LogP contribution is -2.50. The molecule has 0 aromatic rings. The van der Waals surface area contributed by atoms with E-state index in [-0.39, 0.29) is 0 Å². The molecule has 0 bridgehead atoms. The molecule has 0 aromatic heterocycles. The van der Waals surface area contributed by atoms with Crippen LogP contribution in [0.3, 0.4) is 0 Å². The molecule has 1 aliphatic heterocycles. The second kappa shape index (κ2) is 3.44. The lowest BCUT2D eigenvalue weighted by molar-refractivity contribution is -0.379. The molecule has 2 unspecified atom stereocenters. The van der Waals surface area contributed by atoms with E-state index in [2.05, 4.69) is 9.47 Å². The Morgan fingerprint density at radius 2 is 1.45 bits per heavy atom. The zero-order valence-corrected chi connectivity index (χ0v) is 5.62. The molecular formula is C5H10O6. The number of rotatable bonds is 1. The highest BCUT2D eigenvalue weighted by atomic mass is 16.8. The summed E-state index contributed by atoms with van der Waals surface area (Å²) in [6.45, 7) is -0.481. The lowest BCUT2D eigenvalue weighted by atomic mass is 10.3. The molecule has 1 heterocycles. The maximum atomic E-state index is 8.88. The molecule has 4 atom stereocenters. The number of hydrogen-bond acceptors (Lipinski definition) is 6. The van der Waals surface area contributed by atoms with Crippen molar-refractivity contribution in [3.05, 3.63) is 0 Å². The van der Waals surface area contributed by atoms with Gasteiger partial charge in [-0.3, -0.25) is 0 Å². The zero-order valence-electron chi connectivity index (χ0n) is 5.62. The molecule has 0 saturated carbocycles. The van der Waals surface area contributed by atoms with E-state index in [0.29, 0.717) is 0 Å². The maximum absolute atomic E-state index is 8.88. The molecule has 0 aromatic carbocycles. The summed E-state index contributed by atoms with van der Waals surface area (Å²) in [4.78, 5) is 0. The van der Waals surface area contributed by atoms with Crippen LogP contribution in [-0.4, -0.2) is 52.0 Å². The van der Waals surface area contributed by atoms with Gasteiger partial charge in [0.2, 0.25) is 12.6 Å². The normalized spacial score (nSPS) is 45.8. The molecule has 1 saturated heterocycles. The first-order valence-corrected chi connectivity index (χ1v) is 3.11. The fourth-order valence-corrected chi connectivity index (χ4v) is 0.744. The van der Waals surface area contributed by atoms with Crippen molar-refractivity contribution in [2.75, 3.05) is 6.61 Å². The summed E-state index contributed by atoms with van der Waals surface area (Å²) in [6, 6.07) is 0. The predicted octanol–water partition coefficient (Wildman–Crippen LogP) is -2.65. The topological polar surface area (TPSA) is 99.4 Å². The Hall–Kier alpha value is -0.240. The number of hydrogen-bond donors (Lipinski definition) is 4. The monoisotopic (exact) mass is 166 g/mol. The molecule has 4 N–H and O–H groups in total. The molecular weight excluding hydrogens is 156 g/mol. The molecule has 0 spiro atoms. The number of aliphatic hydroxyl groups is 4. The van der Waals surface area contributed by atoms with Crippen molar-refractivity contribution in [1.82, 2.24) is 0 Å². The van der Waals surface area contributed by atoms with Gasteiger partial charge >= 0.3 is 0 Å². The van der Waals surface area contributed by atoms with Gasteiger partial charge in [-0.05, 0) is 0 Å². The van der Waals surface area contributed by atoms with Gasteiger partial charge in [-0.2, -0.15) is 0 Å². The van der Waals surface area contributed by atoms with Crippen LogP contribution in [0, 0.1) is 0 Å². The van der Waals surface area contributed by atoms with Crippen LogP contribution in [-0.2, 0) is 9.47 Å². The van der Waals surface area contributed by atoms with Crippen molar-refractivity contribution in [2.24, 2.45) is 0 Å². The van der Waals surface area contributed by atoms with E-state index in [1.165, 1.54) is 0 Å². The molecule has 0 amide bonds. The molecule has 6 heteroatoms. The van der Waals surface area contributed by atoms with Crippen molar-refractivity contribution >= 4 is 0 Å². The smallest absolute Gasteiger partial charge is 0.209 e. The average molecular weight is 166 g/mol. The first-order valence-electron chi connectivity index (χ1n) is 3.11. The molecule has 11 heavy (non-hydrogen) atoms. The Bertz CT molecular complexity index is 128. The Labute approximate surface area is 62.6 Å². The first-order chi connectivity index (χ1) is 5.15. The van der Waals surface area contributed by atoms with E-state index in [1.54, 1.807) is 0 Å². The SMILES string of the molecule is OCC1O[C@@H](O)C(O)O[C@@H]1O. The summed E-state index contributed by atoms with van der Waals surface area (Å²) in [5, 5.41) is 34.9. The van der Waals surface area contributed by atoms with Gasteiger partial charge in [-0.25, -0.2) is 0 Å². The highest BCUT2D eigenvalue weighted by Gasteiger charge is 2.35. The third-order valence-corrected chi connectivity index (χ3v) is 1.34. The number of ether oxygens (including phenoxy) is 2. The summed E-state index contributed by atoms with van der Waals surface area (Å²) in [6.07, 6.45) is -5.49. The molecule has 1 rings (SSSR count). The van der Waals surface area contributed by atoms with Gasteiger partial charge in [0.1, 0.15) is 6.10 Å². The van der Waals surface area contributed by atoms with Gasteiger partial charge in [0.05, 0.1) is 6.61 Å². The van der Waals surface area contributed by atoms with E-state index in [9.17, 15) is 0 Å². The van der Waals surface area contributed by atoms with E-state index in [0.717, 1.165) is 0 Å². The van der Waals surface area contributed by atoms with Crippen molar-refractivity contribution in [1.29, 1.82) is 0 Å². The molecule has 0 aliphatic carbocycles. The predicted molar refractivity (Wildman–Crippen MR) is 31.1 cm³/mol. The van der Waals surface area contributed by atoms with Gasteiger partial charge in [0, 0.05) is 0 Å². The van der Waals surface area contributed by atoms with Crippen LogP contribution in [0.1, 0.15) is 0 Å². The second-order valence-electron chi connectivity index (χ2n) is 2.16. The minimum absolute atomic E-state index is 0.481. The third kappa shape index (κ3) is 1.86. The molecule has 1 aliphatic rings. The summed E-state index contributed by atoms with van der Waals surface area (Å²) < 4.78 is 8.92. The average Bonchev–Trinajstić information content (AvgIpc) is 1.97. The van der Waals surface area contributed by atoms with Crippen LogP contribution in [0.2, 0.25) is 0 Å². The summed E-state index contributed by atoms with van der Waals surface area (Å²) in [7, 11) is 0. The van der Waals surface area contributed by atoms with Crippen molar-refractivity contribution in [2.45, 2.75) is 25.0 Å². The van der Waals surface area contributed by atoms with Crippen molar-refractivity contribution in [3.63, 3.8) is 0 Å². The van der Waals surface area contributed by atoms with Crippen molar-refractivity contribution < 1.29 is 29.9 Å². The highest BCUT2D eigenvalue weighted by Crippen LogP contribution is 2.15. The Kier molecular flexibility index (Phi) is 2.77. The van der Waals surface area contributed by atoms with Crippen LogP contribution in [0.4, 0.5) is 0 Å². The van der Waals surface area contributed by atoms with Gasteiger partial charge in [-0.1, -0.05) is 0 Å². The first kappa shape index (κ1) is 8.85. The van der Waals surface area contributed by atoms with E-state index in [1.807, 2.05) is 0 Å². The van der Waals surface area contributed by atoms with Crippen LogP contribution in [0.25, 0.3) is 0 Å². The zero-order chi connectivity index (χ0) is 8.43. The minimum Gasteiger partial charge on any atom is -0.393 e. The third-order valence-electron chi connectivity index (χ3n) is 1.34. The molecule has 1 fully saturated rings. The maximum Gasteiger partial charge on any atom is 0.209 e. The summed E-state index contributed by atoms with van der Waals surface area (Å²) >= 11 is 0. The molecule has 6 nitrogen and oxygen atoms in total. The number of aliphatic hydroxyl groups excluding tert-OH is 4. The lowest BCUT2D eigenvalue weighted by Gasteiger charge is -2.33. The fraction of sp³-hybridized carbons (Fsp3) is 1.00. The van der Waals surface area contributed by atoms with Gasteiger partial charge in [-0.15, -0.1) is 0 Å². The summed E-state index contributed by atoms with van der Waals surface area (Å²) in [5.74, 6) is 0. The largest absolute Gasteiger partial charge is 0.393 e. The fourth-order valence-electron chi connectivity index (χ4n) is 0.744. The Balaban J connectivity index is 2.48. The quantitative estimate of drug-likeness (QED) is 0.339. The van der Waals surface area contributed by atoms with Crippen LogP contribution >= 0.6 is 0 Å². The summed E-state index contributed by atoms with van der Waals surface area (Å²) in [5.41, 5.74) is 0. The van der Waals surface area contributed by atoms with Crippen LogP contribution in [0.15, 0.2) is 0 Å². The van der Waals surface area contributed by atoms with E-state index in [4.69, 9.17) is 20.4 Å². The van der Waals surface area contributed by atoms with Gasteiger partial charge < -0.3 is 29.9 Å². The molecule has 66 valence electrons. The standard InChI is InChI=1S/C5H10O6/c6-1-2-3(7)11-5(9)4(8)10-2/h2-9H,1H2/t2?,3-,4+,5?/m0/s1. The van der Waals surface area contributed by atoms with Crippen molar-refractivity contribution in [3.8, 4) is 0 Å². The van der Waals surface area contributed by atoms with E-state index < -0.39 is 31.6 Å². The Morgan fingerprint density at radius 1 is 0.909 bits per heavy atom. The van der Waals surface area contributed by atoms with E-state index >= 15 is 0 Å². The van der Waals surface area contributed by atoms with Crippen LogP contribution in [0.5, 0.6) is 0 Å².